The van der Waals surface area contributed by atoms with E-state index >= 15 is 0 Å². The molecule has 3 nitrogen and oxygen atoms in total. The van der Waals surface area contributed by atoms with Gasteiger partial charge in [0.25, 0.3) is 0 Å². The minimum absolute atomic E-state index is 0.278. The molecule has 0 aliphatic rings. The first-order valence-corrected chi connectivity index (χ1v) is 6.62. The molecule has 2 aromatic rings. The smallest absolute Gasteiger partial charge is 0.139 e. The van der Waals surface area contributed by atoms with Gasteiger partial charge in [0, 0.05) is 18.8 Å². The van der Waals surface area contributed by atoms with E-state index in [0.29, 0.717) is 4.47 Å². The lowest BCUT2D eigenvalue weighted by molar-refractivity contribution is 0.617. The predicted molar refractivity (Wildman–Crippen MR) is 73.3 cm³/mol. The van der Waals surface area contributed by atoms with Gasteiger partial charge in [-0.1, -0.05) is 6.92 Å². The van der Waals surface area contributed by atoms with Crippen LogP contribution < -0.4 is 5.32 Å². The van der Waals surface area contributed by atoms with E-state index in [1.165, 1.54) is 6.07 Å². The molecule has 1 aromatic heterocycles. The summed E-state index contributed by atoms with van der Waals surface area (Å²) in [6.07, 6.45) is 1.85. The molecular formula is C13H15BrFN3. The van der Waals surface area contributed by atoms with Gasteiger partial charge in [0.05, 0.1) is 15.9 Å². The van der Waals surface area contributed by atoms with Gasteiger partial charge in [-0.05, 0) is 47.1 Å². The SMILES string of the molecule is CCNCc1ccn(-c2cc(F)c(Br)cc2C)n1. The maximum Gasteiger partial charge on any atom is 0.139 e. The number of aryl methyl sites for hydroxylation is 1. The number of aromatic nitrogens is 2. The van der Waals surface area contributed by atoms with Crippen LogP contribution in [0.3, 0.4) is 0 Å². The fourth-order valence-corrected chi connectivity index (χ4v) is 2.18. The number of nitrogens with zero attached hydrogens (tertiary/aromatic N) is 2. The fourth-order valence-electron chi connectivity index (χ4n) is 1.73. The van der Waals surface area contributed by atoms with E-state index in [4.69, 9.17) is 0 Å². The molecule has 0 aliphatic carbocycles. The first-order chi connectivity index (χ1) is 8.61. The van der Waals surface area contributed by atoms with E-state index in [-0.39, 0.29) is 5.82 Å². The van der Waals surface area contributed by atoms with Gasteiger partial charge in [-0.15, -0.1) is 0 Å². The topological polar surface area (TPSA) is 29.9 Å². The van der Waals surface area contributed by atoms with Crippen molar-refractivity contribution in [3.05, 3.63) is 45.9 Å². The van der Waals surface area contributed by atoms with Crippen LogP contribution in [-0.2, 0) is 6.54 Å². The van der Waals surface area contributed by atoms with Crippen LogP contribution in [0.15, 0.2) is 28.9 Å². The van der Waals surface area contributed by atoms with Crippen molar-refractivity contribution < 1.29 is 4.39 Å². The van der Waals surface area contributed by atoms with Gasteiger partial charge in [0.1, 0.15) is 5.82 Å². The van der Waals surface area contributed by atoms with Crippen molar-refractivity contribution >= 4 is 15.9 Å². The largest absolute Gasteiger partial charge is 0.311 e. The van der Waals surface area contributed by atoms with Gasteiger partial charge < -0.3 is 5.32 Å². The number of hydrogen-bond acceptors (Lipinski definition) is 2. The Bertz CT molecular complexity index is 551. The van der Waals surface area contributed by atoms with Gasteiger partial charge in [0.2, 0.25) is 0 Å². The molecule has 0 unspecified atom stereocenters. The van der Waals surface area contributed by atoms with Crippen molar-refractivity contribution in [2.45, 2.75) is 20.4 Å². The predicted octanol–water partition coefficient (Wildman–Crippen LogP) is 3.19. The molecule has 5 heteroatoms. The Morgan fingerprint density at radius 1 is 1.44 bits per heavy atom. The zero-order valence-corrected chi connectivity index (χ0v) is 12.0. The number of hydrogen-bond donors (Lipinski definition) is 1. The minimum atomic E-state index is -0.278. The molecule has 0 fully saturated rings. The summed E-state index contributed by atoms with van der Waals surface area (Å²) in [5.74, 6) is -0.278. The summed E-state index contributed by atoms with van der Waals surface area (Å²) in [6, 6.07) is 5.18. The molecule has 1 heterocycles. The van der Waals surface area contributed by atoms with Crippen LogP contribution in [0.5, 0.6) is 0 Å². The lowest BCUT2D eigenvalue weighted by Crippen LogP contribution is -2.12. The van der Waals surface area contributed by atoms with Gasteiger partial charge in [-0.25, -0.2) is 9.07 Å². The highest BCUT2D eigenvalue weighted by Crippen LogP contribution is 2.22. The van der Waals surface area contributed by atoms with E-state index in [1.807, 2.05) is 26.1 Å². The third kappa shape index (κ3) is 2.79. The lowest BCUT2D eigenvalue weighted by Gasteiger charge is -2.07. The number of benzene rings is 1. The van der Waals surface area contributed by atoms with Crippen LogP contribution in [0.1, 0.15) is 18.2 Å². The highest BCUT2D eigenvalue weighted by atomic mass is 79.9. The van der Waals surface area contributed by atoms with Gasteiger partial charge in [-0.3, -0.25) is 0 Å². The fraction of sp³-hybridized carbons (Fsp3) is 0.308. The second-order valence-electron chi connectivity index (χ2n) is 4.08. The van der Waals surface area contributed by atoms with Crippen LogP contribution in [0.25, 0.3) is 5.69 Å². The third-order valence-electron chi connectivity index (χ3n) is 2.69. The van der Waals surface area contributed by atoms with E-state index in [1.54, 1.807) is 10.7 Å². The van der Waals surface area contributed by atoms with Crippen molar-refractivity contribution in [2.24, 2.45) is 0 Å². The average Bonchev–Trinajstić information content (AvgIpc) is 2.79. The standard InChI is InChI=1S/C13H15BrFN3/c1-3-16-8-10-4-5-18(17-10)13-7-12(15)11(14)6-9(13)2/h4-7,16H,3,8H2,1-2H3. The lowest BCUT2D eigenvalue weighted by atomic mass is 10.2. The molecule has 0 saturated carbocycles. The van der Waals surface area contributed by atoms with Crippen LogP contribution >= 0.6 is 15.9 Å². The van der Waals surface area contributed by atoms with Crippen LogP contribution in [-0.4, -0.2) is 16.3 Å². The molecule has 0 amide bonds. The summed E-state index contributed by atoms with van der Waals surface area (Å²) in [7, 11) is 0. The van der Waals surface area contributed by atoms with Crippen molar-refractivity contribution in [1.29, 1.82) is 0 Å². The molecule has 1 aromatic carbocycles. The molecule has 1 N–H and O–H groups in total. The number of nitrogens with one attached hydrogen (secondary N) is 1. The Morgan fingerprint density at radius 3 is 2.94 bits per heavy atom. The molecule has 0 bridgehead atoms. The summed E-state index contributed by atoms with van der Waals surface area (Å²) >= 11 is 3.18. The molecule has 2 rings (SSSR count). The quantitative estimate of drug-likeness (QED) is 0.939. The van der Waals surface area contributed by atoms with E-state index in [0.717, 1.165) is 30.0 Å². The summed E-state index contributed by atoms with van der Waals surface area (Å²) in [5, 5.41) is 7.63. The van der Waals surface area contributed by atoms with Crippen molar-refractivity contribution in [1.82, 2.24) is 15.1 Å². The molecular weight excluding hydrogens is 297 g/mol. The Hall–Kier alpha value is -1.20. The maximum atomic E-state index is 13.6. The Labute approximate surface area is 114 Å². The summed E-state index contributed by atoms with van der Waals surface area (Å²) in [6.45, 7) is 5.61. The monoisotopic (exact) mass is 311 g/mol. The second kappa shape index (κ2) is 5.63. The normalized spacial score (nSPS) is 10.9. The van der Waals surface area contributed by atoms with Gasteiger partial charge in [-0.2, -0.15) is 5.10 Å². The van der Waals surface area contributed by atoms with Gasteiger partial charge in [0.15, 0.2) is 0 Å². The van der Waals surface area contributed by atoms with Crippen LogP contribution in [0.4, 0.5) is 4.39 Å². The van der Waals surface area contributed by atoms with Crippen molar-refractivity contribution in [3.63, 3.8) is 0 Å². The summed E-state index contributed by atoms with van der Waals surface area (Å²) in [5.41, 5.74) is 2.68. The minimum Gasteiger partial charge on any atom is -0.311 e. The van der Waals surface area contributed by atoms with Crippen LogP contribution in [0.2, 0.25) is 0 Å². The first-order valence-electron chi connectivity index (χ1n) is 5.83. The molecule has 18 heavy (non-hydrogen) atoms. The first kappa shape index (κ1) is 13.2. The molecule has 0 saturated heterocycles. The zero-order valence-electron chi connectivity index (χ0n) is 10.4. The Morgan fingerprint density at radius 2 is 2.22 bits per heavy atom. The average molecular weight is 312 g/mol. The van der Waals surface area contributed by atoms with E-state index in [2.05, 4.69) is 26.3 Å². The molecule has 0 radical (unpaired) electrons. The molecule has 96 valence electrons. The molecule has 0 aliphatic heterocycles. The van der Waals surface area contributed by atoms with E-state index < -0.39 is 0 Å². The highest BCUT2D eigenvalue weighted by Gasteiger charge is 2.08. The van der Waals surface area contributed by atoms with Crippen molar-refractivity contribution in [3.8, 4) is 5.69 Å². The third-order valence-corrected chi connectivity index (χ3v) is 3.29. The summed E-state index contributed by atoms with van der Waals surface area (Å²) < 4.78 is 15.7. The van der Waals surface area contributed by atoms with Crippen molar-refractivity contribution in [2.75, 3.05) is 6.54 Å². The highest BCUT2D eigenvalue weighted by molar-refractivity contribution is 9.10. The van der Waals surface area contributed by atoms with E-state index in [9.17, 15) is 4.39 Å². The molecule has 0 spiro atoms. The van der Waals surface area contributed by atoms with Gasteiger partial charge >= 0.3 is 0 Å². The number of halogens is 2. The van der Waals surface area contributed by atoms with Crippen LogP contribution in [0, 0.1) is 12.7 Å². The second-order valence-corrected chi connectivity index (χ2v) is 4.94. The number of rotatable bonds is 4. The Kier molecular flexibility index (Phi) is 4.14. The zero-order chi connectivity index (χ0) is 13.1. The summed E-state index contributed by atoms with van der Waals surface area (Å²) in [4.78, 5) is 0. The maximum absolute atomic E-state index is 13.6. The Balaban J connectivity index is 2.31. The molecule has 0 atom stereocenters.